The minimum absolute atomic E-state index is 0.114. The highest BCUT2D eigenvalue weighted by Gasteiger charge is 2.33. The first-order valence-corrected chi connectivity index (χ1v) is 10.7. The third kappa shape index (κ3) is 6.78. The molecule has 0 unspecified atom stereocenters. The van der Waals surface area contributed by atoms with Crippen molar-refractivity contribution in [3.05, 3.63) is 60.3 Å². The Bertz CT molecular complexity index is 1160. The molecule has 0 aliphatic heterocycles. The normalized spacial score (nSPS) is 11.8. The first-order valence-electron chi connectivity index (χ1n) is 9.24. The number of hydrogen-bond acceptors (Lipinski definition) is 8. The van der Waals surface area contributed by atoms with Gasteiger partial charge in [0.2, 0.25) is 10.0 Å². The lowest BCUT2D eigenvalue weighted by Gasteiger charge is -2.14. The van der Waals surface area contributed by atoms with E-state index in [4.69, 9.17) is 0 Å². The number of aromatic nitrogens is 3. The van der Waals surface area contributed by atoms with Gasteiger partial charge in [0.1, 0.15) is 22.3 Å². The SMILES string of the molecule is Cc1ccnc(Nc2ccc(NCCNS(=O)(=O)c3ccccc3OC(F)(F)F)nn2)c1. The van der Waals surface area contributed by atoms with Crippen LogP contribution < -0.4 is 20.1 Å². The minimum Gasteiger partial charge on any atom is -0.404 e. The predicted molar refractivity (Wildman–Crippen MR) is 111 cm³/mol. The zero-order chi connectivity index (χ0) is 23.2. The topological polar surface area (TPSA) is 118 Å². The molecule has 0 spiro atoms. The van der Waals surface area contributed by atoms with Crippen LogP contribution in [0.3, 0.4) is 0 Å². The van der Waals surface area contributed by atoms with Gasteiger partial charge in [0.05, 0.1) is 0 Å². The van der Waals surface area contributed by atoms with Crippen molar-refractivity contribution in [2.24, 2.45) is 0 Å². The number of rotatable bonds is 9. The summed E-state index contributed by atoms with van der Waals surface area (Å²) in [5, 5.41) is 13.8. The van der Waals surface area contributed by atoms with Gasteiger partial charge in [0, 0.05) is 19.3 Å². The van der Waals surface area contributed by atoms with Crippen molar-refractivity contribution < 1.29 is 26.3 Å². The first-order chi connectivity index (χ1) is 15.1. The highest BCUT2D eigenvalue weighted by atomic mass is 32.2. The van der Waals surface area contributed by atoms with Crippen molar-refractivity contribution in [3.63, 3.8) is 0 Å². The fraction of sp³-hybridized carbons (Fsp3) is 0.211. The molecule has 0 aliphatic rings. The smallest absolute Gasteiger partial charge is 0.404 e. The summed E-state index contributed by atoms with van der Waals surface area (Å²) >= 11 is 0. The van der Waals surface area contributed by atoms with Crippen molar-refractivity contribution in [2.75, 3.05) is 23.7 Å². The Kier molecular flexibility index (Phi) is 7.10. The van der Waals surface area contributed by atoms with Gasteiger partial charge in [-0.05, 0) is 48.9 Å². The third-order valence-electron chi connectivity index (χ3n) is 3.92. The molecule has 3 aromatic rings. The summed E-state index contributed by atoms with van der Waals surface area (Å²) in [6.07, 6.45) is -3.35. The molecule has 0 saturated carbocycles. The van der Waals surface area contributed by atoms with E-state index in [1.165, 1.54) is 12.1 Å². The second-order valence-electron chi connectivity index (χ2n) is 6.47. The summed E-state index contributed by atoms with van der Waals surface area (Å²) in [5.41, 5.74) is 1.03. The van der Waals surface area contributed by atoms with Crippen molar-refractivity contribution in [1.82, 2.24) is 19.9 Å². The molecule has 3 N–H and O–H groups in total. The highest BCUT2D eigenvalue weighted by molar-refractivity contribution is 7.89. The summed E-state index contributed by atoms with van der Waals surface area (Å²) < 4.78 is 68.2. The maximum atomic E-state index is 12.5. The molecular weight excluding hydrogens is 449 g/mol. The summed E-state index contributed by atoms with van der Waals surface area (Å²) in [6, 6.07) is 11.5. The molecular formula is C19H19F3N6O3S. The van der Waals surface area contributed by atoms with E-state index in [1.54, 1.807) is 18.3 Å². The van der Waals surface area contributed by atoms with E-state index in [1.807, 2.05) is 19.1 Å². The Morgan fingerprint density at radius 2 is 1.69 bits per heavy atom. The van der Waals surface area contributed by atoms with Gasteiger partial charge in [-0.2, -0.15) is 0 Å². The number of para-hydroxylation sites is 1. The van der Waals surface area contributed by atoms with E-state index in [9.17, 15) is 21.6 Å². The molecule has 1 aromatic carbocycles. The number of sulfonamides is 1. The number of hydrogen-bond donors (Lipinski definition) is 3. The van der Waals surface area contributed by atoms with Gasteiger partial charge in [-0.25, -0.2) is 18.1 Å². The molecule has 3 rings (SSSR count). The van der Waals surface area contributed by atoms with Crippen molar-refractivity contribution in [3.8, 4) is 5.75 Å². The monoisotopic (exact) mass is 468 g/mol. The molecule has 0 radical (unpaired) electrons. The van der Waals surface area contributed by atoms with Crippen LogP contribution in [0.25, 0.3) is 0 Å². The van der Waals surface area contributed by atoms with Gasteiger partial charge in [-0.15, -0.1) is 23.4 Å². The molecule has 32 heavy (non-hydrogen) atoms. The number of nitrogens with one attached hydrogen (secondary N) is 3. The average Bonchev–Trinajstić information content (AvgIpc) is 2.71. The van der Waals surface area contributed by atoms with E-state index in [2.05, 4.69) is 35.3 Å². The maximum absolute atomic E-state index is 12.5. The van der Waals surface area contributed by atoms with Crippen LogP contribution in [0.2, 0.25) is 0 Å². The summed E-state index contributed by atoms with van der Waals surface area (Å²) in [7, 11) is -4.23. The van der Waals surface area contributed by atoms with Gasteiger partial charge < -0.3 is 15.4 Å². The molecule has 0 aliphatic carbocycles. The van der Waals surface area contributed by atoms with Crippen LogP contribution in [0.4, 0.5) is 30.6 Å². The Labute approximate surface area is 182 Å². The number of halogens is 3. The van der Waals surface area contributed by atoms with Crippen LogP contribution in [0.5, 0.6) is 5.75 Å². The lowest BCUT2D eigenvalue weighted by atomic mass is 10.3. The lowest BCUT2D eigenvalue weighted by molar-refractivity contribution is -0.275. The van der Waals surface area contributed by atoms with Crippen LogP contribution in [-0.2, 0) is 10.0 Å². The fourth-order valence-corrected chi connectivity index (χ4v) is 3.72. The van der Waals surface area contributed by atoms with Gasteiger partial charge >= 0.3 is 6.36 Å². The number of benzene rings is 1. The lowest BCUT2D eigenvalue weighted by Crippen LogP contribution is -2.30. The molecule has 2 heterocycles. The van der Waals surface area contributed by atoms with Gasteiger partial charge in [-0.3, -0.25) is 0 Å². The van der Waals surface area contributed by atoms with Crippen LogP contribution in [0.1, 0.15) is 5.56 Å². The number of ether oxygens (including phenoxy) is 1. The number of pyridine rings is 1. The molecule has 2 aromatic heterocycles. The molecule has 9 nitrogen and oxygen atoms in total. The van der Waals surface area contributed by atoms with Crippen molar-refractivity contribution in [2.45, 2.75) is 18.2 Å². The van der Waals surface area contributed by atoms with Crippen LogP contribution in [-0.4, -0.2) is 43.1 Å². The molecule has 0 amide bonds. The molecule has 170 valence electrons. The summed E-state index contributed by atoms with van der Waals surface area (Å²) in [6.45, 7) is 1.93. The number of alkyl halides is 3. The van der Waals surface area contributed by atoms with Crippen molar-refractivity contribution >= 4 is 27.5 Å². The van der Waals surface area contributed by atoms with E-state index >= 15 is 0 Å². The maximum Gasteiger partial charge on any atom is 0.573 e. The van der Waals surface area contributed by atoms with Crippen molar-refractivity contribution in [1.29, 1.82) is 0 Å². The number of nitrogens with zero attached hydrogens (tertiary/aromatic N) is 3. The standard InChI is InChI=1S/C19H19F3N6O3S/c1-13-8-9-23-18(12-13)26-17-7-6-16(27-28-17)24-10-11-25-32(29,30)15-5-3-2-4-14(15)31-19(20,21)22/h2-9,12,25H,10-11H2,1H3,(H,24,27)(H,23,26,28). The second kappa shape index (κ2) is 9.78. The zero-order valence-corrected chi connectivity index (χ0v) is 17.5. The third-order valence-corrected chi connectivity index (χ3v) is 5.42. The van der Waals surface area contributed by atoms with Crippen LogP contribution in [0.15, 0.2) is 59.6 Å². The largest absolute Gasteiger partial charge is 0.573 e. The Hall–Kier alpha value is -3.45. The molecule has 0 saturated heterocycles. The van der Waals surface area contributed by atoms with Crippen LogP contribution >= 0.6 is 0 Å². The zero-order valence-electron chi connectivity index (χ0n) is 16.7. The van der Waals surface area contributed by atoms with E-state index < -0.39 is 27.0 Å². The van der Waals surface area contributed by atoms with Gasteiger partial charge in [0.15, 0.2) is 5.82 Å². The van der Waals surface area contributed by atoms with Crippen LogP contribution in [0, 0.1) is 6.92 Å². The molecule has 13 heteroatoms. The predicted octanol–water partition coefficient (Wildman–Crippen LogP) is 3.21. The molecule has 0 bridgehead atoms. The number of anilines is 3. The van der Waals surface area contributed by atoms with Gasteiger partial charge in [0.25, 0.3) is 0 Å². The van der Waals surface area contributed by atoms with E-state index in [-0.39, 0.29) is 13.1 Å². The number of aryl methyl sites for hydroxylation is 1. The quantitative estimate of drug-likeness (QED) is 0.410. The van der Waals surface area contributed by atoms with E-state index in [0.717, 1.165) is 17.7 Å². The highest BCUT2D eigenvalue weighted by Crippen LogP contribution is 2.29. The minimum atomic E-state index is -5.01. The second-order valence-corrected chi connectivity index (χ2v) is 8.20. The molecule has 0 fully saturated rings. The Morgan fingerprint density at radius 1 is 0.969 bits per heavy atom. The first kappa shape index (κ1) is 23.2. The summed E-state index contributed by atoms with van der Waals surface area (Å²) in [5.74, 6) is 0.657. The fourth-order valence-electron chi connectivity index (χ4n) is 2.56. The Balaban J connectivity index is 1.53. The van der Waals surface area contributed by atoms with E-state index in [0.29, 0.717) is 17.5 Å². The summed E-state index contributed by atoms with van der Waals surface area (Å²) in [4.78, 5) is 3.55. The van der Waals surface area contributed by atoms with Gasteiger partial charge in [-0.1, -0.05) is 12.1 Å². The Morgan fingerprint density at radius 3 is 2.38 bits per heavy atom. The average molecular weight is 468 g/mol. The molecule has 0 atom stereocenters.